The number of aryl methyl sites for hydroxylation is 1. The molecule has 1 aromatic heterocycles. The monoisotopic (exact) mass is 176 g/mol. The van der Waals surface area contributed by atoms with Gasteiger partial charge in [0.1, 0.15) is 0 Å². The molecule has 0 aliphatic rings. The van der Waals surface area contributed by atoms with Gasteiger partial charge < -0.3 is 10.7 Å². The SMILES string of the molecule is [2H]c1ccc2[nH]c(C)c(CCN)c2c1[2H]. The summed E-state index contributed by atoms with van der Waals surface area (Å²) in [7, 11) is 0. The molecule has 2 heteroatoms. The third-order valence-electron chi connectivity index (χ3n) is 2.27. The van der Waals surface area contributed by atoms with E-state index in [0.29, 0.717) is 12.6 Å². The maximum absolute atomic E-state index is 7.87. The molecule has 0 atom stereocenters. The zero-order valence-electron chi connectivity index (χ0n) is 9.65. The van der Waals surface area contributed by atoms with E-state index in [1.54, 1.807) is 6.07 Å². The lowest BCUT2D eigenvalue weighted by Gasteiger charge is -1.96. The van der Waals surface area contributed by atoms with E-state index in [0.717, 1.165) is 28.6 Å². The Morgan fingerprint density at radius 1 is 1.62 bits per heavy atom. The van der Waals surface area contributed by atoms with Crippen molar-refractivity contribution >= 4 is 10.9 Å². The van der Waals surface area contributed by atoms with Gasteiger partial charge in [0.15, 0.2) is 0 Å². The summed E-state index contributed by atoms with van der Waals surface area (Å²) >= 11 is 0. The van der Waals surface area contributed by atoms with Crippen LogP contribution in [0, 0.1) is 6.92 Å². The summed E-state index contributed by atoms with van der Waals surface area (Å²) in [5.41, 5.74) is 8.60. The van der Waals surface area contributed by atoms with Crippen LogP contribution in [0.25, 0.3) is 10.9 Å². The molecule has 3 N–H and O–H groups in total. The first-order chi connectivity index (χ1) is 7.15. The number of benzene rings is 1. The van der Waals surface area contributed by atoms with Crippen molar-refractivity contribution in [1.82, 2.24) is 4.98 Å². The van der Waals surface area contributed by atoms with Crippen LogP contribution < -0.4 is 5.73 Å². The highest BCUT2D eigenvalue weighted by Crippen LogP contribution is 2.21. The van der Waals surface area contributed by atoms with Crippen molar-refractivity contribution in [2.24, 2.45) is 5.73 Å². The molecule has 2 rings (SSSR count). The van der Waals surface area contributed by atoms with Gasteiger partial charge in [-0.05, 0) is 31.5 Å². The van der Waals surface area contributed by atoms with Crippen LogP contribution in [0.4, 0.5) is 0 Å². The van der Waals surface area contributed by atoms with Crippen molar-refractivity contribution in [3.8, 4) is 0 Å². The van der Waals surface area contributed by atoms with Crippen molar-refractivity contribution in [2.75, 3.05) is 6.54 Å². The summed E-state index contributed by atoms with van der Waals surface area (Å²) in [6.07, 6.45) is 0.751. The molecule has 0 unspecified atom stereocenters. The zero-order chi connectivity index (χ0) is 11.0. The lowest BCUT2D eigenvalue weighted by atomic mass is 10.1. The number of nitrogens with two attached hydrogens (primary N) is 1. The summed E-state index contributed by atoms with van der Waals surface area (Å²) < 4.78 is 15.5. The summed E-state index contributed by atoms with van der Waals surface area (Å²) in [5, 5.41) is 0.852. The number of H-pyrrole nitrogens is 1. The first kappa shape index (κ1) is 6.22. The van der Waals surface area contributed by atoms with E-state index in [9.17, 15) is 0 Å². The van der Waals surface area contributed by atoms with Gasteiger partial charge in [-0.3, -0.25) is 0 Å². The van der Waals surface area contributed by atoms with Crippen molar-refractivity contribution in [3.05, 3.63) is 35.5 Å². The number of aromatic nitrogens is 1. The van der Waals surface area contributed by atoms with Crippen LogP contribution in [-0.2, 0) is 6.42 Å². The third kappa shape index (κ3) is 1.33. The Morgan fingerprint density at radius 2 is 2.46 bits per heavy atom. The predicted octanol–water partition coefficient (Wildman–Crippen LogP) is 1.98. The van der Waals surface area contributed by atoms with Gasteiger partial charge in [-0.15, -0.1) is 0 Å². The van der Waals surface area contributed by atoms with Crippen LogP contribution in [0.1, 0.15) is 14.0 Å². The highest BCUT2D eigenvalue weighted by Gasteiger charge is 2.05. The van der Waals surface area contributed by atoms with E-state index in [4.69, 9.17) is 8.48 Å². The van der Waals surface area contributed by atoms with Gasteiger partial charge in [0.2, 0.25) is 0 Å². The maximum Gasteiger partial charge on any atom is 0.0630 e. The molecule has 1 aromatic carbocycles. The smallest absolute Gasteiger partial charge is 0.0630 e. The number of aromatic amines is 1. The Labute approximate surface area is 80.6 Å². The molecular weight excluding hydrogens is 160 g/mol. The second kappa shape index (κ2) is 3.23. The van der Waals surface area contributed by atoms with Gasteiger partial charge >= 0.3 is 0 Å². The summed E-state index contributed by atoms with van der Waals surface area (Å²) in [6.45, 7) is 2.55. The van der Waals surface area contributed by atoms with Crippen LogP contribution in [0.2, 0.25) is 0 Å². The first-order valence-electron chi connectivity index (χ1n) is 5.42. The lowest BCUT2D eigenvalue weighted by molar-refractivity contribution is 0.963. The Bertz CT molecular complexity index is 503. The van der Waals surface area contributed by atoms with Gasteiger partial charge in [0.05, 0.1) is 2.74 Å². The number of para-hydroxylation sites is 1. The Hall–Kier alpha value is -1.28. The van der Waals surface area contributed by atoms with Gasteiger partial charge in [-0.25, -0.2) is 0 Å². The van der Waals surface area contributed by atoms with E-state index in [2.05, 4.69) is 4.98 Å². The minimum absolute atomic E-state index is 0.264. The molecule has 13 heavy (non-hydrogen) atoms. The number of hydrogen-bond donors (Lipinski definition) is 2. The van der Waals surface area contributed by atoms with Crippen molar-refractivity contribution in [2.45, 2.75) is 13.3 Å². The van der Waals surface area contributed by atoms with E-state index < -0.39 is 0 Å². The average molecular weight is 176 g/mol. The molecule has 0 saturated heterocycles. The first-order valence-corrected chi connectivity index (χ1v) is 4.42. The molecular formula is C11H14N2. The van der Waals surface area contributed by atoms with Gasteiger partial charge in [-0.1, -0.05) is 18.2 Å². The molecule has 0 fully saturated rings. The molecule has 2 aromatic rings. The Kier molecular flexibility index (Phi) is 1.54. The number of hydrogen-bond acceptors (Lipinski definition) is 1. The number of nitrogens with one attached hydrogen (secondary N) is 1. The lowest BCUT2D eigenvalue weighted by Crippen LogP contribution is -2.03. The van der Waals surface area contributed by atoms with Crippen LogP contribution in [0.5, 0.6) is 0 Å². The van der Waals surface area contributed by atoms with Crippen LogP contribution in [0.3, 0.4) is 0 Å². The zero-order valence-corrected chi connectivity index (χ0v) is 7.65. The second-order valence-corrected chi connectivity index (χ2v) is 3.16. The summed E-state index contributed by atoms with van der Waals surface area (Å²) in [5.74, 6) is 0. The van der Waals surface area contributed by atoms with E-state index >= 15 is 0 Å². The molecule has 1 heterocycles. The van der Waals surface area contributed by atoms with E-state index in [1.807, 2.05) is 13.0 Å². The van der Waals surface area contributed by atoms with Crippen molar-refractivity contribution in [1.29, 1.82) is 0 Å². The molecule has 68 valence electrons. The number of rotatable bonds is 2. The molecule has 0 saturated carbocycles. The molecule has 0 bridgehead atoms. The average Bonchev–Trinajstić information content (AvgIpc) is 2.51. The Balaban J connectivity index is 2.77. The molecule has 0 aliphatic heterocycles. The summed E-state index contributed by atoms with van der Waals surface area (Å²) in [6, 6.07) is 4.05. The van der Waals surface area contributed by atoms with Crippen molar-refractivity contribution in [3.63, 3.8) is 0 Å². The standard InChI is InChI=1S/C11H14N2/c1-8-9(6-7-12)10-4-2-3-5-11(10)13-8/h2-5,13H,6-7,12H2,1H3/i2D,4D. The maximum atomic E-state index is 7.87. The van der Waals surface area contributed by atoms with Crippen LogP contribution in [-0.4, -0.2) is 11.5 Å². The fourth-order valence-electron chi connectivity index (χ4n) is 1.65. The van der Waals surface area contributed by atoms with Crippen molar-refractivity contribution < 1.29 is 2.74 Å². The fraction of sp³-hybridized carbons (Fsp3) is 0.273. The van der Waals surface area contributed by atoms with Gasteiger partial charge in [0, 0.05) is 16.6 Å². The summed E-state index contributed by atoms with van der Waals surface area (Å²) in [4.78, 5) is 3.22. The van der Waals surface area contributed by atoms with E-state index in [1.165, 1.54) is 0 Å². The van der Waals surface area contributed by atoms with E-state index in [-0.39, 0.29) is 6.04 Å². The highest BCUT2D eigenvalue weighted by molar-refractivity contribution is 5.84. The highest BCUT2D eigenvalue weighted by atomic mass is 14.7. The largest absolute Gasteiger partial charge is 0.358 e. The van der Waals surface area contributed by atoms with Crippen LogP contribution in [0.15, 0.2) is 24.2 Å². The quantitative estimate of drug-likeness (QED) is 0.721. The van der Waals surface area contributed by atoms with Gasteiger partial charge in [-0.2, -0.15) is 0 Å². The second-order valence-electron chi connectivity index (χ2n) is 3.16. The topological polar surface area (TPSA) is 41.8 Å². The number of fused-ring (bicyclic) bond motifs is 1. The molecule has 0 radical (unpaired) electrons. The fourth-order valence-corrected chi connectivity index (χ4v) is 1.65. The Morgan fingerprint density at radius 3 is 3.23 bits per heavy atom. The molecule has 0 spiro atoms. The minimum Gasteiger partial charge on any atom is -0.358 e. The normalized spacial score (nSPS) is 13.1. The minimum atomic E-state index is 0.264. The molecule has 0 aliphatic carbocycles. The van der Waals surface area contributed by atoms with Crippen LogP contribution >= 0.6 is 0 Å². The third-order valence-corrected chi connectivity index (χ3v) is 2.27. The van der Waals surface area contributed by atoms with Gasteiger partial charge in [0.25, 0.3) is 0 Å². The molecule has 2 nitrogen and oxygen atoms in total. The molecule has 0 amide bonds. The predicted molar refractivity (Wildman–Crippen MR) is 55.8 cm³/mol.